The fourth-order valence-electron chi connectivity index (χ4n) is 1.81. The van der Waals surface area contributed by atoms with Crippen LogP contribution in [0.2, 0.25) is 0 Å². The van der Waals surface area contributed by atoms with Gasteiger partial charge in [0, 0.05) is 0 Å². The summed E-state index contributed by atoms with van der Waals surface area (Å²) in [7, 11) is 0. The van der Waals surface area contributed by atoms with Gasteiger partial charge in [-0.1, -0.05) is 38.8 Å². The minimum Gasteiger partial charge on any atom is -0.492 e. The first-order valence-electron chi connectivity index (χ1n) is 6.68. The smallest absolute Gasteiger partial charge is 0.339 e. The molecule has 1 aromatic rings. The van der Waals surface area contributed by atoms with Crippen LogP contribution >= 0.6 is 0 Å². The lowest BCUT2D eigenvalue weighted by atomic mass is 10.0. The standard InChI is InChI=1S/C15H22O3/c1-3-5-8-12-9-7-10-13(15(16)17)14(12)18-11-6-4-2/h7,9-10H,3-6,8,11H2,1-2H3,(H,16,17). The first-order valence-corrected chi connectivity index (χ1v) is 6.68. The molecule has 0 aliphatic heterocycles. The van der Waals surface area contributed by atoms with Crippen molar-refractivity contribution in [2.24, 2.45) is 0 Å². The highest BCUT2D eigenvalue weighted by Crippen LogP contribution is 2.26. The predicted octanol–water partition coefficient (Wildman–Crippen LogP) is 3.91. The third kappa shape index (κ3) is 4.06. The maximum Gasteiger partial charge on any atom is 0.339 e. The molecule has 0 amide bonds. The number of carboxylic acid groups (broad SMARTS) is 1. The summed E-state index contributed by atoms with van der Waals surface area (Å²) in [5.74, 6) is -0.355. The lowest BCUT2D eigenvalue weighted by Gasteiger charge is -2.13. The number of hydrogen-bond donors (Lipinski definition) is 1. The molecule has 3 heteroatoms. The van der Waals surface area contributed by atoms with Crippen molar-refractivity contribution < 1.29 is 14.6 Å². The Hall–Kier alpha value is -1.51. The van der Waals surface area contributed by atoms with Crippen molar-refractivity contribution in [3.05, 3.63) is 29.3 Å². The molecule has 0 saturated carbocycles. The summed E-state index contributed by atoms with van der Waals surface area (Å²) >= 11 is 0. The molecule has 0 atom stereocenters. The molecule has 0 aliphatic carbocycles. The summed E-state index contributed by atoms with van der Waals surface area (Å²) in [5, 5.41) is 9.19. The molecule has 0 fully saturated rings. The van der Waals surface area contributed by atoms with Crippen LogP contribution in [-0.4, -0.2) is 17.7 Å². The number of ether oxygens (including phenoxy) is 1. The van der Waals surface area contributed by atoms with Crippen LogP contribution in [0.3, 0.4) is 0 Å². The normalized spacial score (nSPS) is 10.3. The van der Waals surface area contributed by atoms with Gasteiger partial charge in [0.1, 0.15) is 11.3 Å². The third-order valence-corrected chi connectivity index (χ3v) is 2.87. The number of para-hydroxylation sites is 1. The number of rotatable bonds is 8. The number of aryl methyl sites for hydroxylation is 1. The van der Waals surface area contributed by atoms with E-state index in [4.69, 9.17) is 4.74 Å². The molecule has 0 saturated heterocycles. The van der Waals surface area contributed by atoms with Crippen molar-refractivity contribution in [2.45, 2.75) is 46.0 Å². The second kappa shape index (κ2) is 7.75. The van der Waals surface area contributed by atoms with Crippen LogP contribution < -0.4 is 4.74 Å². The lowest BCUT2D eigenvalue weighted by molar-refractivity contribution is 0.0692. The van der Waals surface area contributed by atoms with Crippen LogP contribution in [0.15, 0.2) is 18.2 Å². The second-order valence-electron chi connectivity index (χ2n) is 4.40. The average molecular weight is 250 g/mol. The molecule has 1 rings (SSSR count). The third-order valence-electron chi connectivity index (χ3n) is 2.87. The van der Waals surface area contributed by atoms with Crippen molar-refractivity contribution in [3.8, 4) is 5.75 Å². The predicted molar refractivity (Wildman–Crippen MR) is 72.4 cm³/mol. The zero-order valence-electron chi connectivity index (χ0n) is 11.2. The Morgan fingerprint density at radius 1 is 1.22 bits per heavy atom. The van der Waals surface area contributed by atoms with Crippen LogP contribution in [0, 0.1) is 0 Å². The van der Waals surface area contributed by atoms with Gasteiger partial charge < -0.3 is 9.84 Å². The fourth-order valence-corrected chi connectivity index (χ4v) is 1.81. The van der Waals surface area contributed by atoms with E-state index in [0.717, 1.165) is 37.7 Å². The van der Waals surface area contributed by atoms with Gasteiger partial charge >= 0.3 is 5.97 Å². The van der Waals surface area contributed by atoms with Crippen LogP contribution in [-0.2, 0) is 6.42 Å². The summed E-state index contributed by atoms with van der Waals surface area (Å²) in [6.45, 7) is 4.79. The Labute approximate surface area is 109 Å². The van der Waals surface area contributed by atoms with E-state index in [2.05, 4.69) is 13.8 Å². The summed E-state index contributed by atoms with van der Waals surface area (Å²) in [4.78, 5) is 11.2. The van der Waals surface area contributed by atoms with Crippen LogP contribution in [0.4, 0.5) is 0 Å². The average Bonchev–Trinajstić information content (AvgIpc) is 2.37. The van der Waals surface area contributed by atoms with Gasteiger partial charge in [0.25, 0.3) is 0 Å². The minimum absolute atomic E-state index is 0.278. The SMILES string of the molecule is CCCCOc1c(CCCC)cccc1C(=O)O. The number of carboxylic acids is 1. The molecule has 0 aliphatic rings. The Bertz CT molecular complexity index is 385. The molecule has 3 nitrogen and oxygen atoms in total. The van der Waals surface area contributed by atoms with Gasteiger partial charge in [0.05, 0.1) is 6.61 Å². The summed E-state index contributed by atoms with van der Waals surface area (Å²) in [5.41, 5.74) is 1.28. The van der Waals surface area contributed by atoms with Gasteiger partial charge in [-0.3, -0.25) is 0 Å². The van der Waals surface area contributed by atoms with Crippen LogP contribution in [0.1, 0.15) is 55.5 Å². The van der Waals surface area contributed by atoms with E-state index in [1.54, 1.807) is 12.1 Å². The molecule has 1 aromatic carbocycles. The van der Waals surface area contributed by atoms with E-state index in [-0.39, 0.29) is 5.56 Å². The van der Waals surface area contributed by atoms with E-state index in [1.807, 2.05) is 6.07 Å². The molecule has 0 bridgehead atoms. The molecule has 0 unspecified atom stereocenters. The van der Waals surface area contributed by atoms with E-state index >= 15 is 0 Å². The number of aromatic carboxylic acids is 1. The number of unbranched alkanes of at least 4 members (excludes halogenated alkanes) is 2. The van der Waals surface area contributed by atoms with Gasteiger partial charge in [-0.25, -0.2) is 4.79 Å². The molecular weight excluding hydrogens is 228 g/mol. The zero-order chi connectivity index (χ0) is 13.4. The Kier molecular flexibility index (Phi) is 6.26. The van der Waals surface area contributed by atoms with Crippen molar-refractivity contribution in [1.29, 1.82) is 0 Å². The van der Waals surface area contributed by atoms with Crippen molar-refractivity contribution in [2.75, 3.05) is 6.61 Å². The molecule has 0 spiro atoms. The van der Waals surface area contributed by atoms with E-state index in [1.165, 1.54) is 0 Å². The zero-order valence-corrected chi connectivity index (χ0v) is 11.2. The molecule has 100 valence electrons. The fraction of sp³-hybridized carbons (Fsp3) is 0.533. The molecule has 0 aromatic heterocycles. The number of hydrogen-bond acceptors (Lipinski definition) is 2. The van der Waals surface area contributed by atoms with Gasteiger partial charge in [-0.05, 0) is 30.9 Å². The van der Waals surface area contributed by atoms with E-state index < -0.39 is 5.97 Å². The van der Waals surface area contributed by atoms with Crippen molar-refractivity contribution in [1.82, 2.24) is 0 Å². The Morgan fingerprint density at radius 3 is 2.56 bits per heavy atom. The van der Waals surface area contributed by atoms with Gasteiger partial charge in [-0.15, -0.1) is 0 Å². The quantitative estimate of drug-likeness (QED) is 0.712. The largest absolute Gasteiger partial charge is 0.492 e. The highest BCUT2D eigenvalue weighted by molar-refractivity contribution is 5.91. The maximum atomic E-state index is 11.2. The first-order chi connectivity index (χ1) is 8.70. The van der Waals surface area contributed by atoms with Crippen LogP contribution in [0.5, 0.6) is 5.75 Å². The second-order valence-corrected chi connectivity index (χ2v) is 4.40. The lowest BCUT2D eigenvalue weighted by Crippen LogP contribution is -2.07. The van der Waals surface area contributed by atoms with Gasteiger partial charge in [0.15, 0.2) is 0 Å². The minimum atomic E-state index is -0.917. The van der Waals surface area contributed by atoms with Crippen LogP contribution in [0.25, 0.3) is 0 Å². The Morgan fingerprint density at radius 2 is 1.94 bits per heavy atom. The summed E-state index contributed by atoms with van der Waals surface area (Å²) in [6.07, 6.45) is 5.00. The maximum absolute atomic E-state index is 11.2. The van der Waals surface area contributed by atoms with E-state index in [9.17, 15) is 9.90 Å². The molecule has 1 N–H and O–H groups in total. The first kappa shape index (κ1) is 14.6. The Balaban J connectivity index is 2.93. The summed E-state index contributed by atoms with van der Waals surface area (Å²) in [6, 6.07) is 5.36. The van der Waals surface area contributed by atoms with Gasteiger partial charge in [0.2, 0.25) is 0 Å². The molecule has 0 radical (unpaired) electrons. The highest BCUT2D eigenvalue weighted by atomic mass is 16.5. The monoisotopic (exact) mass is 250 g/mol. The molecule has 0 heterocycles. The number of carbonyl (C=O) groups is 1. The highest BCUT2D eigenvalue weighted by Gasteiger charge is 2.14. The van der Waals surface area contributed by atoms with Gasteiger partial charge in [-0.2, -0.15) is 0 Å². The molecule has 18 heavy (non-hydrogen) atoms. The van der Waals surface area contributed by atoms with E-state index in [0.29, 0.717) is 12.4 Å². The van der Waals surface area contributed by atoms with Crippen molar-refractivity contribution in [3.63, 3.8) is 0 Å². The van der Waals surface area contributed by atoms with Crippen molar-refractivity contribution >= 4 is 5.97 Å². The summed E-state index contributed by atoms with van der Waals surface area (Å²) < 4.78 is 5.69. The topological polar surface area (TPSA) is 46.5 Å². The number of benzene rings is 1. The molecular formula is C15H22O3.